The highest BCUT2D eigenvalue weighted by atomic mass is 16.4. The zero-order valence-corrected chi connectivity index (χ0v) is 11.9. The molecule has 6 heteroatoms. The van der Waals surface area contributed by atoms with Crippen molar-refractivity contribution in [3.63, 3.8) is 0 Å². The molecule has 20 heavy (non-hydrogen) atoms. The van der Waals surface area contributed by atoms with Crippen LogP contribution in [0.2, 0.25) is 0 Å². The third-order valence-electron chi connectivity index (χ3n) is 3.78. The van der Waals surface area contributed by atoms with E-state index in [1.54, 1.807) is 30.2 Å². The molecule has 1 aromatic rings. The summed E-state index contributed by atoms with van der Waals surface area (Å²) >= 11 is 0. The van der Waals surface area contributed by atoms with E-state index >= 15 is 0 Å². The predicted molar refractivity (Wildman–Crippen MR) is 74.8 cm³/mol. The quantitative estimate of drug-likeness (QED) is 0.895. The Balaban J connectivity index is 2.20. The first kappa shape index (κ1) is 14.3. The maximum absolute atomic E-state index is 12.5. The molecule has 1 aliphatic rings. The Morgan fingerprint density at radius 2 is 2.15 bits per heavy atom. The number of hydrogen-bond donors (Lipinski definition) is 1. The second-order valence-corrected chi connectivity index (χ2v) is 5.27. The summed E-state index contributed by atoms with van der Waals surface area (Å²) in [5, 5.41) is 9.12. The van der Waals surface area contributed by atoms with Gasteiger partial charge in [0.1, 0.15) is 5.82 Å². The van der Waals surface area contributed by atoms with Crippen LogP contribution in [0, 0.1) is 5.92 Å². The van der Waals surface area contributed by atoms with E-state index in [1.807, 2.05) is 19.0 Å². The highest BCUT2D eigenvalue weighted by molar-refractivity contribution is 5.95. The van der Waals surface area contributed by atoms with Crippen molar-refractivity contribution in [3.05, 3.63) is 23.9 Å². The molecule has 2 heterocycles. The van der Waals surface area contributed by atoms with Crippen molar-refractivity contribution in [2.45, 2.75) is 19.4 Å². The number of likely N-dealkylation sites (tertiary alicyclic amines) is 1. The van der Waals surface area contributed by atoms with Gasteiger partial charge in [-0.25, -0.2) is 4.98 Å². The van der Waals surface area contributed by atoms with Crippen molar-refractivity contribution in [1.29, 1.82) is 0 Å². The molecule has 2 rings (SSSR count). The van der Waals surface area contributed by atoms with Gasteiger partial charge in [0.05, 0.1) is 5.92 Å². The van der Waals surface area contributed by atoms with Crippen molar-refractivity contribution >= 4 is 17.7 Å². The topological polar surface area (TPSA) is 73.7 Å². The van der Waals surface area contributed by atoms with Gasteiger partial charge in [0.25, 0.3) is 5.91 Å². The third-order valence-corrected chi connectivity index (χ3v) is 3.78. The van der Waals surface area contributed by atoms with E-state index in [4.69, 9.17) is 5.11 Å². The average molecular weight is 277 g/mol. The summed E-state index contributed by atoms with van der Waals surface area (Å²) in [6.07, 6.45) is 2.10. The second-order valence-electron chi connectivity index (χ2n) is 5.27. The molecule has 2 unspecified atom stereocenters. The summed E-state index contributed by atoms with van der Waals surface area (Å²) < 4.78 is 0. The molecule has 2 atom stereocenters. The number of pyridine rings is 1. The first-order valence-corrected chi connectivity index (χ1v) is 6.59. The molecule has 0 aliphatic carbocycles. The van der Waals surface area contributed by atoms with E-state index in [-0.39, 0.29) is 11.9 Å². The van der Waals surface area contributed by atoms with Crippen LogP contribution in [-0.2, 0) is 4.79 Å². The summed E-state index contributed by atoms with van der Waals surface area (Å²) in [5.74, 6) is -0.741. The molecule has 0 bridgehead atoms. The molecule has 1 fully saturated rings. The molecule has 0 spiro atoms. The van der Waals surface area contributed by atoms with Crippen LogP contribution >= 0.6 is 0 Å². The van der Waals surface area contributed by atoms with Crippen LogP contribution in [0.4, 0.5) is 5.82 Å². The molecular weight excluding hydrogens is 258 g/mol. The molecule has 0 radical (unpaired) electrons. The zero-order chi connectivity index (χ0) is 14.9. The first-order chi connectivity index (χ1) is 9.41. The number of amides is 1. The van der Waals surface area contributed by atoms with Gasteiger partial charge in [0.2, 0.25) is 0 Å². The fourth-order valence-corrected chi connectivity index (χ4v) is 2.52. The van der Waals surface area contributed by atoms with Crippen molar-refractivity contribution in [3.8, 4) is 0 Å². The number of aliphatic carboxylic acids is 1. The van der Waals surface area contributed by atoms with E-state index in [0.717, 1.165) is 0 Å². The van der Waals surface area contributed by atoms with Gasteiger partial charge in [-0.3, -0.25) is 9.59 Å². The van der Waals surface area contributed by atoms with Gasteiger partial charge in [-0.15, -0.1) is 0 Å². The fourth-order valence-electron chi connectivity index (χ4n) is 2.52. The van der Waals surface area contributed by atoms with Crippen molar-refractivity contribution < 1.29 is 14.7 Å². The van der Waals surface area contributed by atoms with E-state index in [9.17, 15) is 9.59 Å². The van der Waals surface area contributed by atoms with E-state index in [0.29, 0.717) is 24.3 Å². The Bertz CT molecular complexity index is 530. The number of nitrogens with zero attached hydrogens (tertiary/aromatic N) is 3. The number of carboxylic acids is 1. The summed E-state index contributed by atoms with van der Waals surface area (Å²) in [6.45, 7) is 2.27. The van der Waals surface area contributed by atoms with Crippen molar-refractivity contribution in [2.75, 3.05) is 25.5 Å². The minimum Gasteiger partial charge on any atom is -0.481 e. The molecule has 1 saturated heterocycles. The standard InChI is InChI=1S/C14H19N3O3/c1-9-11(14(19)20)5-7-17(9)13(18)10-4-6-15-12(8-10)16(2)3/h4,6,8-9,11H,5,7H2,1-3H3,(H,19,20). The SMILES string of the molecule is CC1C(C(=O)O)CCN1C(=O)c1ccnc(N(C)C)c1. The number of carbonyl (C=O) groups is 2. The monoisotopic (exact) mass is 277 g/mol. The highest BCUT2D eigenvalue weighted by Crippen LogP contribution is 2.26. The maximum Gasteiger partial charge on any atom is 0.308 e. The summed E-state index contributed by atoms with van der Waals surface area (Å²) in [6, 6.07) is 3.11. The van der Waals surface area contributed by atoms with Gasteiger partial charge < -0.3 is 14.9 Å². The normalized spacial score (nSPS) is 21.9. The van der Waals surface area contributed by atoms with Crippen LogP contribution in [0.3, 0.4) is 0 Å². The maximum atomic E-state index is 12.5. The number of aromatic nitrogens is 1. The fraction of sp³-hybridized carbons (Fsp3) is 0.500. The van der Waals surface area contributed by atoms with E-state index in [2.05, 4.69) is 4.98 Å². The molecular formula is C14H19N3O3. The smallest absolute Gasteiger partial charge is 0.308 e. The molecule has 0 saturated carbocycles. The molecule has 0 aromatic carbocycles. The predicted octanol–water partition coefficient (Wildman–Crippen LogP) is 1.08. The van der Waals surface area contributed by atoms with Gasteiger partial charge in [-0.2, -0.15) is 0 Å². The summed E-state index contributed by atoms with van der Waals surface area (Å²) in [4.78, 5) is 31.2. The van der Waals surface area contributed by atoms with E-state index in [1.165, 1.54) is 0 Å². The van der Waals surface area contributed by atoms with Crippen LogP contribution in [0.25, 0.3) is 0 Å². The first-order valence-electron chi connectivity index (χ1n) is 6.59. The summed E-state index contributed by atoms with van der Waals surface area (Å²) in [5.41, 5.74) is 0.543. The van der Waals surface area contributed by atoms with Crippen LogP contribution in [0.5, 0.6) is 0 Å². The summed E-state index contributed by atoms with van der Waals surface area (Å²) in [7, 11) is 3.71. The van der Waals surface area contributed by atoms with Gasteiger partial charge in [0.15, 0.2) is 0 Å². The lowest BCUT2D eigenvalue weighted by atomic mass is 10.0. The lowest BCUT2D eigenvalue weighted by molar-refractivity contribution is -0.142. The van der Waals surface area contributed by atoms with Crippen molar-refractivity contribution in [1.82, 2.24) is 9.88 Å². The van der Waals surface area contributed by atoms with Gasteiger partial charge in [-0.1, -0.05) is 0 Å². The van der Waals surface area contributed by atoms with Crippen molar-refractivity contribution in [2.24, 2.45) is 5.92 Å². The highest BCUT2D eigenvalue weighted by Gasteiger charge is 2.38. The Hall–Kier alpha value is -2.11. The minimum atomic E-state index is -0.837. The van der Waals surface area contributed by atoms with Gasteiger partial charge >= 0.3 is 5.97 Å². The minimum absolute atomic E-state index is 0.133. The number of anilines is 1. The third kappa shape index (κ3) is 2.59. The van der Waals surface area contributed by atoms with Gasteiger partial charge in [-0.05, 0) is 25.5 Å². The average Bonchev–Trinajstić information content (AvgIpc) is 2.80. The molecule has 108 valence electrons. The Kier molecular flexibility index (Phi) is 3.92. The number of hydrogen-bond acceptors (Lipinski definition) is 4. The number of rotatable bonds is 3. The van der Waals surface area contributed by atoms with Crippen LogP contribution in [-0.4, -0.2) is 53.5 Å². The van der Waals surface area contributed by atoms with Crippen LogP contribution in [0.1, 0.15) is 23.7 Å². The molecule has 6 nitrogen and oxygen atoms in total. The number of carbonyl (C=O) groups excluding carboxylic acids is 1. The Labute approximate surface area is 118 Å². The zero-order valence-electron chi connectivity index (χ0n) is 11.9. The largest absolute Gasteiger partial charge is 0.481 e. The van der Waals surface area contributed by atoms with Crippen LogP contribution < -0.4 is 4.90 Å². The molecule has 1 aromatic heterocycles. The number of carboxylic acid groups (broad SMARTS) is 1. The Morgan fingerprint density at radius 3 is 2.70 bits per heavy atom. The lowest BCUT2D eigenvalue weighted by Crippen LogP contribution is -2.37. The molecule has 1 N–H and O–H groups in total. The van der Waals surface area contributed by atoms with E-state index < -0.39 is 11.9 Å². The van der Waals surface area contributed by atoms with Crippen LogP contribution in [0.15, 0.2) is 18.3 Å². The second kappa shape index (κ2) is 5.48. The van der Waals surface area contributed by atoms with Gasteiger partial charge in [0, 0.05) is 38.4 Å². The Morgan fingerprint density at radius 1 is 1.45 bits per heavy atom. The lowest BCUT2D eigenvalue weighted by Gasteiger charge is -2.23. The molecule has 1 aliphatic heterocycles. The molecule has 1 amide bonds.